The summed E-state index contributed by atoms with van der Waals surface area (Å²) in [6.45, 7) is 4.82. The van der Waals surface area contributed by atoms with E-state index in [1.54, 1.807) is 18.2 Å². The highest BCUT2D eigenvalue weighted by Gasteiger charge is 2.28. The predicted molar refractivity (Wildman–Crippen MR) is 116 cm³/mol. The summed E-state index contributed by atoms with van der Waals surface area (Å²) in [4.78, 5) is 12.5. The Kier molecular flexibility index (Phi) is 8.77. The van der Waals surface area contributed by atoms with Crippen molar-refractivity contribution in [2.45, 2.75) is 25.2 Å². The van der Waals surface area contributed by atoms with Gasteiger partial charge in [-0.15, -0.1) is 0 Å². The third kappa shape index (κ3) is 6.60. The van der Waals surface area contributed by atoms with Crippen LogP contribution in [0.25, 0.3) is 0 Å². The van der Waals surface area contributed by atoms with E-state index in [0.717, 1.165) is 9.87 Å². The topological polar surface area (TPSA) is 75.7 Å². The molecule has 6 nitrogen and oxygen atoms in total. The van der Waals surface area contributed by atoms with Crippen molar-refractivity contribution in [3.05, 3.63) is 58.1 Å². The van der Waals surface area contributed by atoms with E-state index in [4.69, 9.17) is 27.9 Å². The van der Waals surface area contributed by atoms with Crippen molar-refractivity contribution in [3.63, 3.8) is 0 Å². The Bertz CT molecular complexity index is 934. The number of anilines is 1. The fourth-order valence-electron chi connectivity index (χ4n) is 2.55. The number of hydrogen-bond acceptors (Lipinski definition) is 4. The summed E-state index contributed by atoms with van der Waals surface area (Å²) in [6.07, 6.45) is 0.627. The van der Waals surface area contributed by atoms with Crippen LogP contribution in [0.1, 0.15) is 18.9 Å². The first kappa shape index (κ1) is 23.5. The molecule has 0 radical (unpaired) electrons. The van der Waals surface area contributed by atoms with E-state index < -0.39 is 22.5 Å². The Morgan fingerprint density at radius 2 is 1.83 bits per heavy atom. The highest BCUT2D eigenvalue weighted by Crippen LogP contribution is 2.32. The van der Waals surface area contributed by atoms with Crippen LogP contribution < -0.4 is 9.62 Å². The Balaban J connectivity index is 2.30. The van der Waals surface area contributed by atoms with Gasteiger partial charge in [0.15, 0.2) is 0 Å². The molecule has 2 aromatic carbocycles. The van der Waals surface area contributed by atoms with E-state index >= 15 is 0 Å². The molecule has 2 aromatic rings. The Morgan fingerprint density at radius 3 is 2.48 bits per heavy atom. The minimum Gasteiger partial charge on any atom is -0.382 e. The maximum absolute atomic E-state index is 13.3. The van der Waals surface area contributed by atoms with Crippen molar-refractivity contribution in [1.82, 2.24) is 5.32 Å². The maximum atomic E-state index is 13.3. The lowest BCUT2D eigenvalue weighted by Crippen LogP contribution is -2.41. The van der Waals surface area contributed by atoms with Crippen LogP contribution in [0.4, 0.5) is 5.69 Å². The van der Waals surface area contributed by atoms with Crippen molar-refractivity contribution in [2.24, 2.45) is 0 Å². The number of amides is 1. The quantitative estimate of drug-likeness (QED) is 0.545. The van der Waals surface area contributed by atoms with Crippen molar-refractivity contribution in [2.75, 3.05) is 30.6 Å². The van der Waals surface area contributed by atoms with Crippen molar-refractivity contribution < 1.29 is 17.9 Å². The third-order valence-corrected chi connectivity index (χ3v) is 6.39. The lowest BCUT2D eigenvalue weighted by atomic mass is 10.2. The largest absolute Gasteiger partial charge is 0.382 e. The number of ether oxygens (including phenoxy) is 1. The predicted octanol–water partition coefficient (Wildman–Crippen LogP) is 4.04. The van der Waals surface area contributed by atoms with Gasteiger partial charge in [0, 0.05) is 24.8 Å². The van der Waals surface area contributed by atoms with Gasteiger partial charge in [0.1, 0.15) is 6.54 Å². The third-order valence-electron chi connectivity index (χ3n) is 4.06. The molecule has 0 atom stereocenters. The van der Waals surface area contributed by atoms with E-state index in [0.29, 0.717) is 31.2 Å². The minimum absolute atomic E-state index is 0.0586. The van der Waals surface area contributed by atoms with E-state index in [-0.39, 0.29) is 15.6 Å². The zero-order valence-corrected chi connectivity index (χ0v) is 18.6. The highest BCUT2D eigenvalue weighted by atomic mass is 35.5. The molecule has 29 heavy (non-hydrogen) atoms. The molecule has 0 aliphatic carbocycles. The average Bonchev–Trinajstić information content (AvgIpc) is 2.68. The lowest BCUT2D eigenvalue weighted by Gasteiger charge is -2.25. The van der Waals surface area contributed by atoms with Crippen LogP contribution in [0.2, 0.25) is 10.0 Å². The van der Waals surface area contributed by atoms with Gasteiger partial charge in [-0.1, -0.05) is 40.9 Å². The number of benzene rings is 2. The maximum Gasteiger partial charge on any atom is 0.264 e. The van der Waals surface area contributed by atoms with E-state index in [1.165, 1.54) is 24.3 Å². The molecule has 0 aliphatic rings. The molecule has 0 heterocycles. The van der Waals surface area contributed by atoms with Crippen LogP contribution in [-0.4, -0.2) is 40.6 Å². The first-order valence-electron chi connectivity index (χ1n) is 9.14. The molecule has 0 saturated carbocycles. The van der Waals surface area contributed by atoms with Gasteiger partial charge in [-0.2, -0.15) is 0 Å². The minimum atomic E-state index is -4.04. The molecule has 0 aliphatic heterocycles. The van der Waals surface area contributed by atoms with E-state index in [2.05, 4.69) is 5.32 Å². The van der Waals surface area contributed by atoms with Crippen LogP contribution >= 0.6 is 23.2 Å². The summed E-state index contributed by atoms with van der Waals surface area (Å²) < 4.78 is 32.8. The first-order chi connectivity index (χ1) is 13.8. The smallest absolute Gasteiger partial charge is 0.264 e. The molecule has 158 valence electrons. The number of carbonyl (C=O) groups is 1. The lowest BCUT2D eigenvalue weighted by molar-refractivity contribution is -0.119. The van der Waals surface area contributed by atoms with Crippen molar-refractivity contribution in [1.29, 1.82) is 0 Å². The fourth-order valence-corrected chi connectivity index (χ4v) is 4.41. The van der Waals surface area contributed by atoms with E-state index in [9.17, 15) is 13.2 Å². The standard InChI is InChI=1S/C20H24Cl2N2O4S/c1-3-28-12-4-11-23-20(25)14-24(19-13-16(21)7-10-18(19)22)29(26,27)17-8-5-15(2)6-9-17/h5-10,13H,3-4,11-12,14H2,1-2H3,(H,23,25). The van der Waals surface area contributed by atoms with Crippen LogP contribution in [0.3, 0.4) is 0 Å². The van der Waals surface area contributed by atoms with Crippen molar-refractivity contribution >= 4 is 44.8 Å². The van der Waals surface area contributed by atoms with Gasteiger partial charge in [0.2, 0.25) is 5.91 Å². The second-order valence-corrected chi connectivity index (χ2v) is 9.03. The number of nitrogens with zero attached hydrogens (tertiary/aromatic N) is 1. The Morgan fingerprint density at radius 1 is 1.14 bits per heavy atom. The van der Waals surface area contributed by atoms with Crippen LogP contribution in [0.5, 0.6) is 0 Å². The molecule has 1 N–H and O–H groups in total. The van der Waals surface area contributed by atoms with Crippen LogP contribution in [0.15, 0.2) is 47.4 Å². The second kappa shape index (κ2) is 10.8. The van der Waals surface area contributed by atoms with Gasteiger partial charge in [0.05, 0.1) is 15.6 Å². The molecule has 9 heteroatoms. The fraction of sp³-hybridized carbons (Fsp3) is 0.350. The van der Waals surface area contributed by atoms with Gasteiger partial charge in [-0.05, 0) is 50.6 Å². The summed E-state index contributed by atoms with van der Waals surface area (Å²) in [5.74, 6) is -0.451. The van der Waals surface area contributed by atoms with Gasteiger partial charge in [0.25, 0.3) is 10.0 Å². The number of rotatable bonds is 10. The molecule has 1 amide bonds. The van der Waals surface area contributed by atoms with Gasteiger partial charge in [-0.25, -0.2) is 8.42 Å². The SMILES string of the molecule is CCOCCCNC(=O)CN(c1cc(Cl)ccc1Cl)S(=O)(=O)c1ccc(C)cc1. The molecule has 0 aromatic heterocycles. The number of sulfonamides is 1. The van der Waals surface area contributed by atoms with Crippen molar-refractivity contribution in [3.8, 4) is 0 Å². The zero-order chi connectivity index (χ0) is 21.4. The second-order valence-electron chi connectivity index (χ2n) is 6.32. The van der Waals surface area contributed by atoms with Gasteiger partial charge in [-0.3, -0.25) is 9.10 Å². The van der Waals surface area contributed by atoms with Crippen LogP contribution in [-0.2, 0) is 19.6 Å². The molecule has 2 rings (SSSR count). The van der Waals surface area contributed by atoms with Gasteiger partial charge >= 0.3 is 0 Å². The monoisotopic (exact) mass is 458 g/mol. The summed E-state index contributed by atoms with van der Waals surface area (Å²) in [5.41, 5.74) is 1.06. The summed E-state index contributed by atoms with van der Waals surface area (Å²) >= 11 is 12.3. The molecule has 0 saturated heterocycles. The molecule has 0 spiro atoms. The highest BCUT2D eigenvalue weighted by molar-refractivity contribution is 7.92. The number of halogens is 2. The molecule has 0 unspecified atom stereocenters. The number of carbonyl (C=O) groups excluding carboxylic acids is 1. The number of aryl methyl sites for hydroxylation is 1. The van der Waals surface area contributed by atoms with Crippen LogP contribution in [0, 0.1) is 6.92 Å². The normalized spacial score (nSPS) is 11.3. The summed E-state index contributed by atoms with van der Waals surface area (Å²) in [6, 6.07) is 10.9. The molecule has 0 fully saturated rings. The zero-order valence-electron chi connectivity index (χ0n) is 16.3. The van der Waals surface area contributed by atoms with E-state index in [1.807, 2.05) is 13.8 Å². The Labute approximate surface area is 181 Å². The molecular formula is C20H24Cl2N2O4S. The average molecular weight is 459 g/mol. The number of nitrogens with one attached hydrogen (secondary N) is 1. The first-order valence-corrected chi connectivity index (χ1v) is 11.3. The summed E-state index contributed by atoms with van der Waals surface area (Å²) in [7, 11) is -4.04. The molecular weight excluding hydrogens is 435 g/mol. The number of hydrogen-bond donors (Lipinski definition) is 1. The summed E-state index contributed by atoms with van der Waals surface area (Å²) in [5, 5.41) is 3.19. The van der Waals surface area contributed by atoms with Gasteiger partial charge < -0.3 is 10.1 Å². The Hall–Kier alpha value is -1.80. The molecule has 0 bridgehead atoms.